The SMILES string of the molecule is COc1ccc2[nH]cc(/C(N)=C/c3cccnc3F)c2c1. The van der Waals surface area contributed by atoms with Gasteiger partial charge < -0.3 is 15.5 Å². The highest BCUT2D eigenvalue weighted by molar-refractivity contribution is 5.96. The van der Waals surface area contributed by atoms with E-state index in [9.17, 15) is 4.39 Å². The van der Waals surface area contributed by atoms with Crippen LogP contribution in [0, 0.1) is 5.95 Å². The number of methoxy groups -OCH3 is 1. The molecule has 0 radical (unpaired) electrons. The van der Waals surface area contributed by atoms with Crippen LogP contribution in [-0.2, 0) is 0 Å². The number of nitrogens with one attached hydrogen (secondary N) is 1. The third-order valence-electron chi connectivity index (χ3n) is 3.30. The number of fused-ring (bicyclic) bond motifs is 1. The van der Waals surface area contributed by atoms with E-state index in [-0.39, 0.29) is 0 Å². The largest absolute Gasteiger partial charge is 0.497 e. The molecule has 2 aromatic heterocycles. The summed E-state index contributed by atoms with van der Waals surface area (Å²) < 4.78 is 18.8. The lowest BCUT2D eigenvalue weighted by atomic mass is 10.1. The van der Waals surface area contributed by atoms with Crippen LogP contribution in [0.3, 0.4) is 0 Å². The molecule has 4 nitrogen and oxygen atoms in total. The van der Waals surface area contributed by atoms with Gasteiger partial charge in [-0.2, -0.15) is 4.39 Å². The second kappa shape index (κ2) is 5.28. The zero-order valence-corrected chi connectivity index (χ0v) is 11.4. The van der Waals surface area contributed by atoms with Crippen molar-refractivity contribution in [2.75, 3.05) is 7.11 Å². The van der Waals surface area contributed by atoms with Crippen molar-refractivity contribution in [3.05, 3.63) is 59.8 Å². The molecule has 0 atom stereocenters. The third kappa shape index (κ3) is 2.45. The monoisotopic (exact) mass is 283 g/mol. The van der Waals surface area contributed by atoms with Gasteiger partial charge in [0.25, 0.3) is 0 Å². The highest BCUT2D eigenvalue weighted by Gasteiger charge is 2.08. The summed E-state index contributed by atoms with van der Waals surface area (Å²) in [5, 5.41) is 0.924. The Morgan fingerprint density at radius 1 is 1.38 bits per heavy atom. The molecule has 0 amide bonds. The van der Waals surface area contributed by atoms with Gasteiger partial charge >= 0.3 is 0 Å². The van der Waals surface area contributed by atoms with Crippen molar-refractivity contribution in [3.8, 4) is 5.75 Å². The molecule has 0 spiro atoms. The van der Waals surface area contributed by atoms with Gasteiger partial charge in [-0.05, 0) is 36.4 Å². The van der Waals surface area contributed by atoms with Gasteiger partial charge in [0.2, 0.25) is 5.95 Å². The van der Waals surface area contributed by atoms with Crippen LogP contribution in [-0.4, -0.2) is 17.1 Å². The summed E-state index contributed by atoms with van der Waals surface area (Å²) in [4.78, 5) is 6.74. The Kier molecular flexibility index (Phi) is 3.31. The van der Waals surface area contributed by atoms with Gasteiger partial charge in [-0.25, -0.2) is 4.98 Å². The van der Waals surface area contributed by atoms with E-state index in [0.29, 0.717) is 11.3 Å². The number of aromatic nitrogens is 2. The predicted molar refractivity (Wildman–Crippen MR) is 81.1 cm³/mol. The Bertz CT molecular complexity index is 823. The molecule has 0 aliphatic carbocycles. The van der Waals surface area contributed by atoms with Gasteiger partial charge in [-0.15, -0.1) is 0 Å². The smallest absolute Gasteiger partial charge is 0.220 e. The number of H-pyrrole nitrogens is 1. The topological polar surface area (TPSA) is 63.9 Å². The van der Waals surface area contributed by atoms with Crippen molar-refractivity contribution in [2.45, 2.75) is 0 Å². The lowest BCUT2D eigenvalue weighted by Gasteiger charge is -2.03. The highest BCUT2D eigenvalue weighted by atomic mass is 19.1. The average molecular weight is 283 g/mol. The summed E-state index contributed by atoms with van der Waals surface area (Å²) in [5.41, 5.74) is 8.65. The number of nitrogens with zero attached hydrogens (tertiary/aromatic N) is 1. The molecule has 2 heterocycles. The van der Waals surface area contributed by atoms with Crippen LogP contribution in [0.2, 0.25) is 0 Å². The molecule has 0 saturated carbocycles. The molecule has 1 aromatic carbocycles. The second-order valence-electron chi connectivity index (χ2n) is 4.60. The first kappa shape index (κ1) is 13.2. The number of hydrogen-bond acceptors (Lipinski definition) is 3. The summed E-state index contributed by atoms with van der Waals surface area (Å²) >= 11 is 0. The molecule has 0 fully saturated rings. The van der Waals surface area contributed by atoms with E-state index >= 15 is 0 Å². The normalized spacial score (nSPS) is 11.8. The average Bonchev–Trinajstić information content (AvgIpc) is 2.92. The number of nitrogens with two attached hydrogens (primary N) is 1. The maximum Gasteiger partial charge on any atom is 0.220 e. The molecule has 0 aliphatic heterocycles. The van der Waals surface area contributed by atoms with Crippen LogP contribution >= 0.6 is 0 Å². The molecule has 21 heavy (non-hydrogen) atoms. The van der Waals surface area contributed by atoms with E-state index in [1.807, 2.05) is 18.2 Å². The number of aromatic amines is 1. The second-order valence-corrected chi connectivity index (χ2v) is 4.60. The van der Waals surface area contributed by atoms with E-state index in [1.165, 1.54) is 6.20 Å². The van der Waals surface area contributed by atoms with Crippen molar-refractivity contribution in [1.82, 2.24) is 9.97 Å². The van der Waals surface area contributed by atoms with E-state index < -0.39 is 5.95 Å². The molecule has 3 rings (SSSR count). The van der Waals surface area contributed by atoms with Crippen LogP contribution in [0.5, 0.6) is 5.75 Å². The molecule has 3 aromatic rings. The summed E-state index contributed by atoms with van der Waals surface area (Å²) in [7, 11) is 1.61. The van der Waals surface area contributed by atoms with Crippen LogP contribution in [0.4, 0.5) is 4.39 Å². The van der Waals surface area contributed by atoms with Crippen LogP contribution in [0.1, 0.15) is 11.1 Å². The molecular weight excluding hydrogens is 269 g/mol. The van der Waals surface area contributed by atoms with Gasteiger partial charge in [0.05, 0.1) is 7.11 Å². The van der Waals surface area contributed by atoms with Gasteiger partial charge in [0, 0.05) is 40.1 Å². The number of ether oxygens (including phenoxy) is 1. The zero-order valence-electron chi connectivity index (χ0n) is 11.4. The Balaban J connectivity index is 2.09. The standard InChI is InChI=1S/C16H14FN3O/c1-21-11-4-5-15-12(8-11)13(9-20-15)14(18)7-10-3-2-6-19-16(10)17/h2-9,20H,18H2,1H3/b14-7-. The fourth-order valence-electron chi connectivity index (χ4n) is 2.22. The molecular formula is C16H14FN3O. The van der Waals surface area contributed by atoms with Gasteiger partial charge in [-0.3, -0.25) is 0 Å². The van der Waals surface area contributed by atoms with E-state index in [4.69, 9.17) is 10.5 Å². The number of hydrogen-bond donors (Lipinski definition) is 2. The number of halogens is 1. The fourth-order valence-corrected chi connectivity index (χ4v) is 2.22. The minimum Gasteiger partial charge on any atom is -0.497 e. The van der Waals surface area contributed by atoms with E-state index in [1.54, 1.807) is 31.5 Å². The minimum atomic E-state index is -0.544. The minimum absolute atomic E-state index is 0.354. The first-order valence-electron chi connectivity index (χ1n) is 6.42. The van der Waals surface area contributed by atoms with Gasteiger partial charge in [0.1, 0.15) is 5.75 Å². The summed E-state index contributed by atoms with van der Waals surface area (Å²) in [5.74, 6) is 0.196. The molecule has 0 aliphatic rings. The molecule has 3 N–H and O–H groups in total. The first-order valence-corrected chi connectivity index (χ1v) is 6.42. The maximum atomic E-state index is 13.6. The Morgan fingerprint density at radius 2 is 2.24 bits per heavy atom. The molecule has 5 heteroatoms. The molecule has 0 saturated heterocycles. The van der Waals surface area contributed by atoms with Gasteiger partial charge in [-0.1, -0.05) is 0 Å². The Labute approximate surface area is 121 Å². The Hall–Kier alpha value is -2.82. The first-order chi connectivity index (χ1) is 10.2. The molecule has 0 unspecified atom stereocenters. The lowest BCUT2D eigenvalue weighted by Crippen LogP contribution is -1.96. The van der Waals surface area contributed by atoms with Crippen LogP contribution in [0.15, 0.2) is 42.7 Å². The molecule has 0 bridgehead atoms. The number of pyridine rings is 1. The highest BCUT2D eigenvalue weighted by Crippen LogP contribution is 2.27. The number of benzene rings is 1. The van der Waals surface area contributed by atoms with E-state index in [2.05, 4.69) is 9.97 Å². The van der Waals surface area contributed by atoms with Crippen molar-refractivity contribution in [2.24, 2.45) is 5.73 Å². The van der Waals surface area contributed by atoms with E-state index in [0.717, 1.165) is 22.2 Å². The van der Waals surface area contributed by atoms with Crippen molar-refractivity contribution < 1.29 is 9.13 Å². The summed E-state index contributed by atoms with van der Waals surface area (Å²) in [6.45, 7) is 0. The fraction of sp³-hybridized carbons (Fsp3) is 0.0625. The summed E-state index contributed by atoms with van der Waals surface area (Å²) in [6, 6.07) is 8.96. The van der Waals surface area contributed by atoms with Crippen LogP contribution < -0.4 is 10.5 Å². The quantitative estimate of drug-likeness (QED) is 0.726. The van der Waals surface area contributed by atoms with Crippen molar-refractivity contribution in [1.29, 1.82) is 0 Å². The predicted octanol–water partition coefficient (Wildman–Crippen LogP) is 3.17. The lowest BCUT2D eigenvalue weighted by molar-refractivity contribution is 0.415. The van der Waals surface area contributed by atoms with Crippen molar-refractivity contribution >= 4 is 22.7 Å². The third-order valence-corrected chi connectivity index (χ3v) is 3.30. The number of rotatable bonds is 3. The summed E-state index contributed by atoms with van der Waals surface area (Å²) in [6.07, 6.45) is 4.77. The van der Waals surface area contributed by atoms with Gasteiger partial charge in [0.15, 0.2) is 0 Å². The zero-order chi connectivity index (χ0) is 14.8. The molecule has 106 valence electrons. The van der Waals surface area contributed by atoms with Crippen molar-refractivity contribution in [3.63, 3.8) is 0 Å². The maximum absolute atomic E-state index is 13.6. The Morgan fingerprint density at radius 3 is 3.00 bits per heavy atom. The van der Waals surface area contributed by atoms with Crippen LogP contribution in [0.25, 0.3) is 22.7 Å².